The van der Waals surface area contributed by atoms with E-state index in [0.29, 0.717) is 5.11 Å². The second-order valence-electron chi connectivity index (χ2n) is 4.38. The quantitative estimate of drug-likeness (QED) is 0.390. The summed E-state index contributed by atoms with van der Waals surface area (Å²) in [5.74, 6) is 0. The maximum atomic E-state index is 5.32. The SMILES string of the molecule is S=C(NCC[NH+]1CCOCC1)N/N=C\c1ccc(Br)s1. The first-order valence-corrected chi connectivity index (χ1v) is 8.49. The first-order valence-electron chi connectivity index (χ1n) is 6.47. The maximum Gasteiger partial charge on any atom is 0.187 e. The van der Waals surface area contributed by atoms with Gasteiger partial charge >= 0.3 is 0 Å². The molecular weight excluding hydrogens is 360 g/mol. The van der Waals surface area contributed by atoms with Crippen molar-refractivity contribution < 1.29 is 9.64 Å². The molecule has 5 nitrogen and oxygen atoms in total. The fourth-order valence-corrected chi connectivity index (χ4v) is 3.31. The Morgan fingerprint density at radius 2 is 2.30 bits per heavy atom. The van der Waals surface area contributed by atoms with Gasteiger partial charge in [-0.1, -0.05) is 0 Å². The predicted molar refractivity (Wildman–Crippen MR) is 89.7 cm³/mol. The fraction of sp³-hybridized carbons (Fsp3) is 0.500. The van der Waals surface area contributed by atoms with E-state index in [0.717, 1.165) is 48.1 Å². The Balaban J connectivity index is 1.59. The summed E-state index contributed by atoms with van der Waals surface area (Å²) in [6.45, 7) is 5.77. The van der Waals surface area contributed by atoms with Crippen LogP contribution in [0, 0.1) is 0 Å². The normalized spacial score (nSPS) is 16.4. The Kier molecular flexibility index (Phi) is 6.88. The average Bonchev–Trinajstić information content (AvgIpc) is 2.86. The van der Waals surface area contributed by atoms with E-state index in [1.165, 1.54) is 0 Å². The van der Waals surface area contributed by atoms with E-state index in [9.17, 15) is 0 Å². The molecule has 0 spiro atoms. The Bertz CT molecular complexity index is 460. The monoisotopic (exact) mass is 377 g/mol. The first kappa shape index (κ1) is 15.8. The molecule has 2 heterocycles. The van der Waals surface area contributed by atoms with Gasteiger partial charge in [0.05, 0.1) is 36.3 Å². The third-order valence-electron chi connectivity index (χ3n) is 2.92. The van der Waals surface area contributed by atoms with E-state index in [1.54, 1.807) is 22.5 Å². The Morgan fingerprint density at radius 3 is 3.00 bits per heavy atom. The molecule has 1 saturated heterocycles. The number of halogens is 1. The molecule has 0 saturated carbocycles. The molecule has 3 N–H and O–H groups in total. The second-order valence-corrected chi connectivity index (χ2v) is 7.28. The zero-order valence-corrected chi connectivity index (χ0v) is 14.2. The summed E-state index contributed by atoms with van der Waals surface area (Å²) in [5.41, 5.74) is 2.83. The summed E-state index contributed by atoms with van der Waals surface area (Å²) in [6.07, 6.45) is 1.76. The molecule has 0 aliphatic carbocycles. The van der Waals surface area contributed by atoms with Gasteiger partial charge in [-0.05, 0) is 40.3 Å². The Morgan fingerprint density at radius 1 is 1.50 bits per heavy atom. The highest BCUT2D eigenvalue weighted by Gasteiger charge is 2.12. The lowest BCUT2D eigenvalue weighted by Crippen LogP contribution is -3.14. The minimum Gasteiger partial charge on any atom is -0.370 e. The summed E-state index contributed by atoms with van der Waals surface area (Å²) in [5, 5.41) is 7.82. The second kappa shape index (κ2) is 8.68. The van der Waals surface area contributed by atoms with Crippen molar-refractivity contribution in [3.05, 3.63) is 20.8 Å². The van der Waals surface area contributed by atoms with Crippen molar-refractivity contribution in [2.24, 2.45) is 5.10 Å². The lowest BCUT2D eigenvalue weighted by molar-refractivity contribution is -0.906. The number of thiocarbonyl (C=S) groups is 1. The predicted octanol–water partition coefficient (Wildman–Crippen LogP) is 0.224. The van der Waals surface area contributed by atoms with E-state index >= 15 is 0 Å². The van der Waals surface area contributed by atoms with E-state index in [2.05, 4.69) is 31.8 Å². The highest BCUT2D eigenvalue weighted by atomic mass is 79.9. The summed E-state index contributed by atoms with van der Waals surface area (Å²) in [4.78, 5) is 2.63. The van der Waals surface area contributed by atoms with Gasteiger partial charge in [-0.3, -0.25) is 5.43 Å². The van der Waals surface area contributed by atoms with Crippen molar-refractivity contribution in [3.8, 4) is 0 Å². The zero-order chi connectivity index (χ0) is 14.2. The van der Waals surface area contributed by atoms with Crippen LogP contribution in [0.15, 0.2) is 21.0 Å². The van der Waals surface area contributed by atoms with Gasteiger partial charge in [-0.2, -0.15) is 5.10 Å². The van der Waals surface area contributed by atoms with Gasteiger partial charge in [-0.15, -0.1) is 11.3 Å². The topological polar surface area (TPSA) is 50.1 Å². The van der Waals surface area contributed by atoms with Gasteiger partial charge < -0.3 is 15.0 Å². The molecule has 0 unspecified atom stereocenters. The lowest BCUT2D eigenvalue weighted by Gasteiger charge is -2.23. The number of nitrogens with one attached hydrogen (secondary N) is 3. The highest BCUT2D eigenvalue weighted by molar-refractivity contribution is 9.11. The van der Waals surface area contributed by atoms with Crippen LogP contribution in [0.4, 0.5) is 0 Å². The summed E-state index contributed by atoms with van der Waals surface area (Å²) in [6, 6.07) is 3.99. The van der Waals surface area contributed by atoms with Crippen LogP contribution in [0.2, 0.25) is 0 Å². The number of ether oxygens (including phenoxy) is 1. The number of thiophene rings is 1. The van der Waals surface area contributed by atoms with Crippen molar-refractivity contribution >= 4 is 50.8 Å². The van der Waals surface area contributed by atoms with Gasteiger partial charge in [0.15, 0.2) is 5.11 Å². The molecule has 0 atom stereocenters. The largest absolute Gasteiger partial charge is 0.370 e. The molecule has 1 aromatic rings. The number of rotatable bonds is 5. The third-order valence-corrected chi connectivity index (χ3v) is 4.71. The van der Waals surface area contributed by atoms with Crippen molar-refractivity contribution in [1.29, 1.82) is 0 Å². The van der Waals surface area contributed by atoms with Gasteiger partial charge in [0.1, 0.15) is 13.1 Å². The summed E-state index contributed by atoms with van der Waals surface area (Å²) in [7, 11) is 0. The van der Waals surface area contributed by atoms with Gasteiger partial charge in [0.2, 0.25) is 0 Å². The molecule has 0 bridgehead atoms. The van der Waals surface area contributed by atoms with Crippen LogP contribution in [0.1, 0.15) is 4.88 Å². The molecule has 0 aromatic carbocycles. The van der Waals surface area contributed by atoms with Gasteiger partial charge in [0.25, 0.3) is 0 Å². The molecule has 8 heteroatoms. The molecule has 20 heavy (non-hydrogen) atoms. The Hall–Kier alpha value is -0.540. The minimum atomic E-state index is 0.560. The smallest absolute Gasteiger partial charge is 0.187 e. The number of hydrazone groups is 1. The van der Waals surface area contributed by atoms with Crippen molar-refractivity contribution in [2.75, 3.05) is 39.4 Å². The number of morpholine rings is 1. The van der Waals surface area contributed by atoms with E-state index in [4.69, 9.17) is 17.0 Å². The first-order chi connectivity index (χ1) is 9.74. The minimum absolute atomic E-state index is 0.560. The van der Waals surface area contributed by atoms with Gasteiger partial charge in [-0.25, -0.2) is 0 Å². The van der Waals surface area contributed by atoms with Crippen LogP contribution in [-0.4, -0.2) is 50.7 Å². The number of quaternary nitrogens is 1. The lowest BCUT2D eigenvalue weighted by atomic mass is 10.4. The van der Waals surface area contributed by atoms with Crippen molar-refractivity contribution in [3.63, 3.8) is 0 Å². The van der Waals surface area contributed by atoms with Crippen molar-refractivity contribution in [2.45, 2.75) is 0 Å². The van der Waals surface area contributed by atoms with Gasteiger partial charge in [0, 0.05) is 4.88 Å². The van der Waals surface area contributed by atoms with Crippen molar-refractivity contribution in [1.82, 2.24) is 10.7 Å². The molecule has 0 amide bonds. The summed E-state index contributed by atoms with van der Waals surface area (Å²) >= 11 is 10.2. The van der Waals surface area contributed by atoms with Crippen LogP contribution in [0.5, 0.6) is 0 Å². The molecule has 1 fully saturated rings. The molecule has 1 aromatic heterocycles. The molecule has 2 rings (SSSR count). The zero-order valence-electron chi connectivity index (χ0n) is 11.0. The Labute approximate surface area is 136 Å². The molecule has 110 valence electrons. The maximum absolute atomic E-state index is 5.32. The highest BCUT2D eigenvalue weighted by Crippen LogP contribution is 2.20. The number of hydrogen-bond acceptors (Lipinski definition) is 4. The van der Waals surface area contributed by atoms with E-state index < -0.39 is 0 Å². The molecule has 1 aliphatic rings. The molecular formula is C12H18BrN4OS2+. The number of nitrogens with zero attached hydrogens (tertiary/aromatic N) is 1. The third kappa shape index (κ3) is 5.84. The standard InChI is InChI=1S/C12H17BrN4OS2/c13-11-2-1-10(20-11)9-15-16-12(19)14-3-4-17-5-7-18-8-6-17/h1-2,9H,3-8H2,(H2,14,16,19)/p+1/b15-9-. The summed E-state index contributed by atoms with van der Waals surface area (Å²) < 4.78 is 6.41. The van der Waals surface area contributed by atoms with Crippen LogP contribution >= 0.6 is 39.5 Å². The van der Waals surface area contributed by atoms with Crippen LogP contribution in [-0.2, 0) is 4.74 Å². The van der Waals surface area contributed by atoms with E-state index in [1.807, 2.05) is 12.1 Å². The molecule has 0 radical (unpaired) electrons. The van der Waals surface area contributed by atoms with Crippen LogP contribution < -0.4 is 15.6 Å². The fourth-order valence-electron chi connectivity index (χ4n) is 1.85. The van der Waals surface area contributed by atoms with E-state index in [-0.39, 0.29) is 0 Å². The van der Waals surface area contributed by atoms with Crippen LogP contribution in [0.25, 0.3) is 0 Å². The number of hydrogen-bond donors (Lipinski definition) is 3. The average molecular weight is 378 g/mol. The molecule has 1 aliphatic heterocycles. The van der Waals surface area contributed by atoms with Crippen LogP contribution in [0.3, 0.4) is 0 Å².